The van der Waals surface area contributed by atoms with Crippen molar-refractivity contribution in [2.75, 3.05) is 5.73 Å². The van der Waals surface area contributed by atoms with E-state index in [1.54, 1.807) is 0 Å². The zero-order chi connectivity index (χ0) is 10.1. The van der Waals surface area contributed by atoms with E-state index >= 15 is 0 Å². The number of anilines is 1. The molecule has 0 atom stereocenters. The van der Waals surface area contributed by atoms with Crippen LogP contribution in [0.4, 0.5) is 9.57 Å². The lowest BCUT2D eigenvalue weighted by Gasteiger charge is -2.01. The Morgan fingerprint density at radius 2 is 2.00 bits per heavy atom. The predicted molar refractivity (Wildman–Crippen MR) is 49.2 cm³/mol. The summed E-state index contributed by atoms with van der Waals surface area (Å²) in [7, 11) is -4.99. The fourth-order valence-electron chi connectivity index (χ4n) is 0.747. The average Bonchev–Trinajstić information content (AvgIpc) is 1.78. The standard InChI is InChI=1S/C6H5BrFNO3S/c7-4-1-5(9)3-6(2-4)12-13(8,10)11/h1-3H,9H2. The third-order valence-corrected chi connectivity index (χ3v) is 1.94. The van der Waals surface area contributed by atoms with Crippen molar-refractivity contribution in [2.45, 2.75) is 0 Å². The number of benzene rings is 1. The largest absolute Gasteiger partial charge is 0.488 e. The van der Waals surface area contributed by atoms with Gasteiger partial charge in [0.25, 0.3) is 0 Å². The molecule has 0 saturated heterocycles. The van der Waals surface area contributed by atoms with Crippen molar-refractivity contribution >= 4 is 32.1 Å². The first-order chi connectivity index (χ1) is 5.87. The minimum Gasteiger partial charge on any atom is -0.399 e. The Kier molecular flexibility index (Phi) is 2.77. The molecule has 2 N–H and O–H groups in total. The average molecular weight is 270 g/mol. The minimum atomic E-state index is -4.99. The molecule has 13 heavy (non-hydrogen) atoms. The van der Waals surface area contributed by atoms with Gasteiger partial charge in [0.2, 0.25) is 0 Å². The van der Waals surface area contributed by atoms with E-state index in [4.69, 9.17) is 5.73 Å². The van der Waals surface area contributed by atoms with E-state index in [1.165, 1.54) is 18.2 Å². The second-order valence-electron chi connectivity index (χ2n) is 2.20. The van der Waals surface area contributed by atoms with Gasteiger partial charge in [-0.1, -0.05) is 19.8 Å². The Bertz CT molecular complexity index is 400. The summed E-state index contributed by atoms with van der Waals surface area (Å²) in [5.41, 5.74) is 5.62. The molecule has 0 radical (unpaired) electrons. The predicted octanol–water partition coefficient (Wildman–Crippen LogP) is 1.62. The third kappa shape index (κ3) is 3.60. The van der Waals surface area contributed by atoms with Crippen molar-refractivity contribution < 1.29 is 16.5 Å². The highest BCUT2D eigenvalue weighted by atomic mass is 79.9. The summed E-state index contributed by atoms with van der Waals surface area (Å²) in [6.07, 6.45) is 0. The highest BCUT2D eigenvalue weighted by Crippen LogP contribution is 2.23. The monoisotopic (exact) mass is 269 g/mol. The molecular formula is C6H5BrFNO3S. The van der Waals surface area contributed by atoms with Crippen LogP contribution in [0.3, 0.4) is 0 Å². The molecule has 0 aliphatic rings. The van der Waals surface area contributed by atoms with Crippen LogP contribution in [0.2, 0.25) is 0 Å². The molecule has 1 aromatic carbocycles. The maximum Gasteiger partial charge on any atom is 0.488 e. The van der Waals surface area contributed by atoms with E-state index in [0.717, 1.165) is 0 Å². The summed E-state index contributed by atoms with van der Waals surface area (Å²) < 4.78 is 36.7. The number of nitrogen functional groups attached to an aromatic ring is 1. The van der Waals surface area contributed by atoms with Gasteiger partial charge in [-0.3, -0.25) is 0 Å². The summed E-state index contributed by atoms with van der Waals surface area (Å²) >= 11 is 3.04. The molecule has 0 amide bonds. The van der Waals surface area contributed by atoms with Gasteiger partial charge in [-0.2, -0.15) is 8.42 Å². The number of nitrogens with two attached hydrogens (primary N) is 1. The van der Waals surface area contributed by atoms with Crippen LogP contribution in [0.15, 0.2) is 22.7 Å². The summed E-state index contributed by atoms with van der Waals surface area (Å²) in [5.74, 6) is -0.172. The van der Waals surface area contributed by atoms with Gasteiger partial charge in [0.05, 0.1) is 0 Å². The molecular weight excluding hydrogens is 265 g/mol. The Morgan fingerprint density at radius 1 is 1.38 bits per heavy atom. The highest BCUT2D eigenvalue weighted by molar-refractivity contribution is 9.10. The molecule has 0 aliphatic heterocycles. The van der Waals surface area contributed by atoms with Crippen molar-refractivity contribution in [3.63, 3.8) is 0 Å². The molecule has 0 bridgehead atoms. The molecule has 0 spiro atoms. The summed E-state index contributed by atoms with van der Waals surface area (Å²) in [6, 6.07) is 4.01. The van der Waals surface area contributed by atoms with Crippen molar-refractivity contribution in [3.05, 3.63) is 22.7 Å². The molecule has 7 heteroatoms. The zero-order valence-electron chi connectivity index (χ0n) is 6.20. The fourth-order valence-corrected chi connectivity index (χ4v) is 1.56. The van der Waals surface area contributed by atoms with Crippen LogP contribution >= 0.6 is 15.9 Å². The molecule has 4 nitrogen and oxygen atoms in total. The number of hydrogen-bond donors (Lipinski definition) is 1. The first-order valence-electron chi connectivity index (χ1n) is 3.07. The van der Waals surface area contributed by atoms with Gasteiger partial charge < -0.3 is 9.92 Å². The Balaban J connectivity index is 3.03. The van der Waals surface area contributed by atoms with Crippen LogP contribution < -0.4 is 9.92 Å². The summed E-state index contributed by atoms with van der Waals surface area (Å²) in [6.45, 7) is 0. The normalized spacial score (nSPS) is 11.2. The number of halogens is 2. The second kappa shape index (κ2) is 3.51. The van der Waals surface area contributed by atoms with Crippen LogP contribution in [0, 0.1) is 0 Å². The van der Waals surface area contributed by atoms with Crippen molar-refractivity contribution in [3.8, 4) is 5.75 Å². The van der Waals surface area contributed by atoms with E-state index in [-0.39, 0.29) is 11.4 Å². The second-order valence-corrected chi connectivity index (χ2v) is 4.07. The van der Waals surface area contributed by atoms with Crippen LogP contribution in [0.1, 0.15) is 0 Å². The van der Waals surface area contributed by atoms with Gasteiger partial charge in [0.15, 0.2) is 0 Å². The first kappa shape index (κ1) is 10.3. The maximum absolute atomic E-state index is 12.0. The molecule has 1 rings (SSSR count). The lowest BCUT2D eigenvalue weighted by molar-refractivity contribution is 0.440. The molecule has 0 aliphatic carbocycles. The molecule has 0 fully saturated rings. The van der Waals surface area contributed by atoms with Crippen LogP contribution in [0.25, 0.3) is 0 Å². The lowest BCUT2D eigenvalue weighted by Crippen LogP contribution is -2.01. The van der Waals surface area contributed by atoms with Crippen LogP contribution in [-0.4, -0.2) is 8.42 Å². The third-order valence-electron chi connectivity index (χ3n) is 1.09. The SMILES string of the molecule is Nc1cc(Br)cc(OS(=O)(=O)F)c1. The van der Waals surface area contributed by atoms with Gasteiger partial charge in [0, 0.05) is 16.2 Å². The molecule has 1 aromatic rings. The lowest BCUT2D eigenvalue weighted by atomic mass is 10.3. The Hall–Kier alpha value is -0.820. The van der Waals surface area contributed by atoms with E-state index < -0.39 is 10.5 Å². The van der Waals surface area contributed by atoms with Gasteiger partial charge in [0.1, 0.15) is 5.75 Å². The first-order valence-corrected chi connectivity index (χ1v) is 5.17. The smallest absolute Gasteiger partial charge is 0.399 e. The van der Waals surface area contributed by atoms with Gasteiger partial charge in [-0.05, 0) is 12.1 Å². The van der Waals surface area contributed by atoms with Crippen molar-refractivity contribution in [1.29, 1.82) is 0 Å². The molecule has 0 heterocycles. The zero-order valence-corrected chi connectivity index (χ0v) is 8.60. The van der Waals surface area contributed by atoms with Crippen molar-refractivity contribution in [1.82, 2.24) is 0 Å². The number of hydrogen-bond acceptors (Lipinski definition) is 4. The van der Waals surface area contributed by atoms with E-state index in [0.29, 0.717) is 4.47 Å². The highest BCUT2D eigenvalue weighted by Gasteiger charge is 2.10. The summed E-state index contributed by atoms with van der Waals surface area (Å²) in [4.78, 5) is 0. The molecule has 0 saturated carbocycles. The topological polar surface area (TPSA) is 69.4 Å². The Morgan fingerprint density at radius 3 is 2.46 bits per heavy atom. The molecule has 72 valence electrons. The van der Waals surface area contributed by atoms with Crippen LogP contribution in [-0.2, 0) is 10.5 Å². The van der Waals surface area contributed by atoms with Gasteiger partial charge >= 0.3 is 10.5 Å². The maximum atomic E-state index is 12.0. The summed E-state index contributed by atoms with van der Waals surface area (Å²) in [5, 5.41) is 0. The Labute approximate surface area is 83.0 Å². The van der Waals surface area contributed by atoms with Crippen molar-refractivity contribution in [2.24, 2.45) is 0 Å². The quantitative estimate of drug-likeness (QED) is 0.655. The van der Waals surface area contributed by atoms with Gasteiger partial charge in [-0.25, -0.2) is 0 Å². The van der Waals surface area contributed by atoms with E-state index in [2.05, 4.69) is 20.1 Å². The fraction of sp³-hybridized carbons (Fsp3) is 0. The van der Waals surface area contributed by atoms with E-state index in [1.807, 2.05) is 0 Å². The molecule has 0 aromatic heterocycles. The molecule has 0 unspecified atom stereocenters. The number of rotatable bonds is 2. The van der Waals surface area contributed by atoms with Gasteiger partial charge in [-0.15, -0.1) is 0 Å². The van der Waals surface area contributed by atoms with Crippen LogP contribution in [0.5, 0.6) is 5.75 Å². The minimum absolute atomic E-state index is 0.172. The van der Waals surface area contributed by atoms with E-state index in [9.17, 15) is 12.3 Å².